The van der Waals surface area contributed by atoms with Crippen LogP contribution >= 0.6 is 28.1 Å². The van der Waals surface area contributed by atoms with Crippen molar-refractivity contribution in [2.24, 2.45) is 0 Å². The molecule has 0 spiro atoms. The number of carbonyl (C=O) groups is 2. The van der Waals surface area contributed by atoms with Gasteiger partial charge in [-0.2, -0.15) is 0 Å². The highest BCUT2D eigenvalue weighted by atomic mass is 79.9. The minimum atomic E-state index is -0.342. The van der Waals surface area contributed by atoms with Gasteiger partial charge in [0, 0.05) is 29.9 Å². The average Bonchev–Trinajstić information content (AvgIpc) is 2.74. The zero-order valence-electron chi connectivity index (χ0n) is 18.0. The van der Waals surface area contributed by atoms with Crippen molar-refractivity contribution in [2.45, 2.75) is 33.6 Å². The number of nitrogens with zero attached hydrogens (tertiary/aromatic N) is 1. The van der Waals surface area contributed by atoms with Crippen LogP contribution in [0.5, 0.6) is 5.75 Å². The van der Waals surface area contributed by atoms with Gasteiger partial charge in [0.1, 0.15) is 5.75 Å². The molecule has 31 heavy (non-hydrogen) atoms. The summed E-state index contributed by atoms with van der Waals surface area (Å²) in [6.07, 6.45) is 1.81. The Kier molecular flexibility index (Phi) is 9.94. The molecule has 0 aliphatic rings. The van der Waals surface area contributed by atoms with Crippen molar-refractivity contribution >= 4 is 50.8 Å². The van der Waals surface area contributed by atoms with Crippen LogP contribution in [0.3, 0.4) is 0 Å². The Morgan fingerprint density at radius 1 is 1.03 bits per heavy atom. The molecule has 0 fully saturated rings. The molecule has 2 N–H and O–H groups in total. The maximum absolute atomic E-state index is 12.8. The molecular weight excluding hydrogens is 478 g/mol. The molecule has 2 aromatic rings. The number of benzene rings is 2. The van der Waals surface area contributed by atoms with E-state index in [-0.39, 0.29) is 16.9 Å². The molecule has 8 heteroatoms. The second-order valence-corrected chi connectivity index (χ2v) is 8.12. The lowest BCUT2D eigenvalue weighted by molar-refractivity contribution is 0.0755. The monoisotopic (exact) mass is 505 g/mol. The van der Waals surface area contributed by atoms with E-state index in [2.05, 4.69) is 40.4 Å². The fourth-order valence-electron chi connectivity index (χ4n) is 3.02. The summed E-state index contributed by atoms with van der Waals surface area (Å²) >= 11 is 8.68. The minimum absolute atomic E-state index is 0.0125. The Morgan fingerprint density at radius 2 is 1.74 bits per heavy atom. The molecular formula is C23H28BrN3O3S. The Morgan fingerprint density at radius 3 is 2.35 bits per heavy atom. The molecule has 0 bridgehead atoms. The van der Waals surface area contributed by atoms with Gasteiger partial charge in [0.25, 0.3) is 11.8 Å². The molecule has 2 rings (SSSR count). The molecule has 0 aliphatic heterocycles. The smallest absolute Gasteiger partial charge is 0.257 e. The number of amides is 2. The van der Waals surface area contributed by atoms with E-state index < -0.39 is 0 Å². The zero-order chi connectivity index (χ0) is 22.8. The number of anilines is 1. The normalized spacial score (nSPS) is 10.3. The first-order valence-corrected chi connectivity index (χ1v) is 11.5. The van der Waals surface area contributed by atoms with Crippen LogP contribution in [0.1, 0.15) is 54.3 Å². The summed E-state index contributed by atoms with van der Waals surface area (Å²) in [6, 6.07) is 12.2. The summed E-state index contributed by atoms with van der Waals surface area (Å²) < 4.78 is 6.15. The molecule has 0 radical (unpaired) electrons. The van der Waals surface area contributed by atoms with Gasteiger partial charge in [-0.15, -0.1) is 0 Å². The molecule has 6 nitrogen and oxygen atoms in total. The lowest BCUT2D eigenvalue weighted by Crippen LogP contribution is -2.34. The van der Waals surface area contributed by atoms with Crippen LogP contribution in [0.4, 0.5) is 5.69 Å². The van der Waals surface area contributed by atoms with Crippen LogP contribution in [0.2, 0.25) is 0 Å². The van der Waals surface area contributed by atoms with E-state index in [1.165, 1.54) is 0 Å². The number of rotatable bonds is 9. The summed E-state index contributed by atoms with van der Waals surface area (Å²) in [5, 5.41) is 5.79. The fraction of sp³-hybridized carbons (Fsp3) is 0.348. The van der Waals surface area contributed by atoms with Gasteiger partial charge in [-0.25, -0.2) is 0 Å². The largest absolute Gasteiger partial charge is 0.493 e. The molecule has 0 aromatic heterocycles. The Bertz CT molecular complexity index is 930. The van der Waals surface area contributed by atoms with E-state index in [0.29, 0.717) is 33.6 Å². The molecule has 2 aromatic carbocycles. The lowest BCUT2D eigenvalue weighted by Gasteiger charge is -2.21. The standard InChI is InChI=1S/C23H28BrN3O3S/c1-4-12-27(13-5-2)22(29)17-8-7-9-18(14-17)25-23(31)26-21(28)16-10-11-20(30-6-3)19(24)15-16/h7-11,14-15H,4-6,12-13H2,1-3H3,(H2,25,26,28,31). The molecule has 0 unspecified atom stereocenters. The lowest BCUT2D eigenvalue weighted by atomic mass is 10.1. The topological polar surface area (TPSA) is 70.7 Å². The minimum Gasteiger partial charge on any atom is -0.493 e. The van der Waals surface area contributed by atoms with Gasteiger partial charge in [-0.3, -0.25) is 14.9 Å². The Balaban J connectivity index is 2.04. The van der Waals surface area contributed by atoms with Crippen molar-refractivity contribution in [3.63, 3.8) is 0 Å². The second kappa shape index (κ2) is 12.4. The third-order valence-corrected chi connectivity index (χ3v) is 5.19. The first kappa shape index (κ1) is 24.8. The summed E-state index contributed by atoms with van der Waals surface area (Å²) in [6.45, 7) is 7.97. The molecule has 0 saturated carbocycles. The van der Waals surface area contributed by atoms with Crippen molar-refractivity contribution in [3.05, 3.63) is 58.1 Å². The number of nitrogens with one attached hydrogen (secondary N) is 2. The van der Waals surface area contributed by atoms with Crippen LogP contribution in [0.25, 0.3) is 0 Å². The first-order chi connectivity index (χ1) is 14.9. The predicted molar refractivity (Wildman–Crippen MR) is 132 cm³/mol. The number of thiocarbonyl (C=S) groups is 1. The number of hydrogen-bond donors (Lipinski definition) is 2. The van der Waals surface area contributed by atoms with Gasteiger partial charge in [0.15, 0.2) is 5.11 Å². The van der Waals surface area contributed by atoms with Gasteiger partial charge in [-0.05, 0) is 84.3 Å². The van der Waals surface area contributed by atoms with E-state index in [1.54, 1.807) is 42.5 Å². The highest BCUT2D eigenvalue weighted by Gasteiger charge is 2.15. The van der Waals surface area contributed by atoms with E-state index >= 15 is 0 Å². The molecule has 166 valence electrons. The number of halogens is 1. The molecule has 0 aliphatic carbocycles. The molecule has 0 atom stereocenters. The van der Waals surface area contributed by atoms with Gasteiger partial charge >= 0.3 is 0 Å². The van der Waals surface area contributed by atoms with Crippen molar-refractivity contribution in [3.8, 4) is 5.75 Å². The van der Waals surface area contributed by atoms with Crippen LogP contribution < -0.4 is 15.4 Å². The number of ether oxygens (including phenoxy) is 1. The second-order valence-electron chi connectivity index (χ2n) is 6.86. The third-order valence-electron chi connectivity index (χ3n) is 4.36. The summed E-state index contributed by atoms with van der Waals surface area (Å²) in [7, 11) is 0. The predicted octanol–water partition coefficient (Wildman–Crippen LogP) is 5.24. The Labute approximate surface area is 197 Å². The van der Waals surface area contributed by atoms with E-state index in [0.717, 1.165) is 25.9 Å². The van der Waals surface area contributed by atoms with E-state index in [4.69, 9.17) is 17.0 Å². The maximum atomic E-state index is 12.8. The summed E-state index contributed by atoms with van der Waals surface area (Å²) in [4.78, 5) is 27.2. The van der Waals surface area contributed by atoms with Gasteiger partial charge in [0.05, 0.1) is 11.1 Å². The highest BCUT2D eigenvalue weighted by molar-refractivity contribution is 9.10. The molecule has 0 saturated heterocycles. The Hall–Kier alpha value is -2.45. The first-order valence-electron chi connectivity index (χ1n) is 10.3. The summed E-state index contributed by atoms with van der Waals surface area (Å²) in [5.41, 5.74) is 1.66. The van der Waals surface area contributed by atoms with Gasteiger partial charge in [-0.1, -0.05) is 19.9 Å². The molecule has 2 amide bonds. The zero-order valence-corrected chi connectivity index (χ0v) is 20.4. The highest BCUT2D eigenvalue weighted by Crippen LogP contribution is 2.26. The van der Waals surface area contributed by atoms with Crippen LogP contribution in [0.15, 0.2) is 46.9 Å². The van der Waals surface area contributed by atoms with E-state index in [9.17, 15) is 9.59 Å². The third kappa shape index (κ3) is 7.33. The van der Waals surface area contributed by atoms with Crippen LogP contribution in [-0.4, -0.2) is 41.5 Å². The quantitative estimate of drug-likeness (QED) is 0.456. The summed E-state index contributed by atoms with van der Waals surface area (Å²) in [5.74, 6) is 0.313. The number of carbonyl (C=O) groups excluding carboxylic acids is 2. The molecule has 0 heterocycles. The van der Waals surface area contributed by atoms with Crippen LogP contribution in [0, 0.1) is 0 Å². The van der Waals surface area contributed by atoms with Crippen molar-refractivity contribution in [2.75, 3.05) is 25.0 Å². The van der Waals surface area contributed by atoms with E-state index in [1.807, 2.05) is 11.8 Å². The number of hydrogen-bond acceptors (Lipinski definition) is 4. The average molecular weight is 506 g/mol. The van der Waals surface area contributed by atoms with Gasteiger partial charge in [0.2, 0.25) is 0 Å². The van der Waals surface area contributed by atoms with Gasteiger partial charge < -0.3 is 15.0 Å². The maximum Gasteiger partial charge on any atom is 0.257 e. The fourth-order valence-corrected chi connectivity index (χ4v) is 3.72. The van der Waals surface area contributed by atoms with Crippen molar-refractivity contribution in [1.29, 1.82) is 0 Å². The SMILES string of the molecule is CCCN(CCC)C(=O)c1cccc(NC(=S)NC(=O)c2ccc(OCC)c(Br)c2)c1. The van der Waals surface area contributed by atoms with Crippen LogP contribution in [-0.2, 0) is 0 Å². The van der Waals surface area contributed by atoms with Crippen molar-refractivity contribution < 1.29 is 14.3 Å². The van der Waals surface area contributed by atoms with Crippen molar-refractivity contribution in [1.82, 2.24) is 10.2 Å².